The largest absolute Gasteiger partial charge is 0.350 e. The van der Waals surface area contributed by atoms with Crippen LogP contribution in [-0.4, -0.2) is 21.7 Å². The van der Waals surface area contributed by atoms with Crippen LogP contribution in [0, 0.1) is 12.7 Å². The van der Waals surface area contributed by atoms with E-state index < -0.39 is 17.6 Å². The predicted octanol–water partition coefficient (Wildman–Crippen LogP) is 4.57. The van der Waals surface area contributed by atoms with Crippen molar-refractivity contribution in [3.05, 3.63) is 100 Å². The fourth-order valence-electron chi connectivity index (χ4n) is 3.21. The number of nitrogens with zero attached hydrogens (tertiary/aromatic N) is 2. The van der Waals surface area contributed by atoms with Crippen LogP contribution in [0.3, 0.4) is 0 Å². The van der Waals surface area contributed by atoms with Crippen LogP contribution in [0.4, 0.5) is 10.1 Å². The molecule has 3 aromatic rings. The minimum absolute atomic E-state index is 0.102. The summed E-state index contributed by atoms with van der Waals surface area (Å²) in [4.78, 5) is 31.5. The summed E-state index contributed by atoms with van der Waals surface area (Å²) < 4.78 is 13.4. The molecule has 30 heavy (non-hydrogen) atoms. The molecule has 0 bridgehead atoms. The molecule has 0 aliphatic carbocycles. The molecular formula is C23H17ClFN3O2. The molecule has 0 atom stereocenters. The van der Waals surface area contributed by atoms with Gasteiger partial charge >= 0.3 is 0 Å². The molecule has 0 unspecified atom stereocenters. The van der Waals surface area contributed by atoms with Crippen LogP contribution in [-0.2, 0) is 16.1 Å². The van der Waals surface area contributed by atoms with Crippen molar-refractivity contribution >= 4 is 34.7 Å². The minimum atomic E-state index is -0.465. The summed E-state index contributed by atoms with van der Waals surface area (Å²) in [5, 5.41) is 3.58. The maximum Gasteiger partial charge on any atom is 0.278 e. The maximum absolute atomic E-state index is 13.4. The molecule has 1 aliphatic heterocycles. The molecule has 1 N–H and O–H groups in total. The van der Waals surface area contributed by atoms with Crippen LogP contribution >= 0.6 is 11.6 Å². The van der Waals surface area contributed by atoms with E-state index in [1.165, 1.54) is 24.3 Å². The Hall–Kier alpha value is -3.51. The predicted molar refractivity (Wildman–Crippen MR) is 113 cm³/mol. The summed E-state index contributed by atoms with van der Waals surface area (Å²) in [7, 11) is 0. The lowest BCUT2D eigenvalue weighted by atomic mass is 10.0. The Morgan fingerprint density at radius 2 is 1.70 bits per heavy atom. The number of carbonyl (C=O) groups excluding carboxylic acids is 2. The van der Waals surface area contributed by atoms with E-state index in [4.69, 9.17) is 11.6 Å². The Morgan fingerprint density at radius 3 is 2.37 bits per heavy atom. The summed E-state index contributed by atoms with van der Waals surface area (Å²) in [5.41, 5.74) is 3.00. The highest BCUT2D eigenvalue weighted by Gasteiger charge is 2.39. The SMILES string of the molecule is Cc1ccc(NC2=C(c3ccc(F)cc3)C(=O)N(Cc3ccncc3)C2=O)cc1Cl. The van der Waals surface area contributed by atoms with Crippen molar-refractivity contribution < 1.29 is 14.0 Å². The number of rotatable bonds is 5. The van der Waals surface area contributed by atoms with Crippen LogP contribution in [0.5, 0.6) is 0 Å². The molecule has 2 heterocycles. The van der Waals surface area contributed by atoms with Crippen LogP contribution in [0.15, 0.2) is 72.7 Å². The van der Waals surface area contributed by atoms with Gasteiger partial charge in [-0.15, -0.1) is 0 Å². The first-order valence-corrected chi connectivity index (χ1v) is 9.60. The summed E-state index contributed by atoms with van der Waals surface area (Å²) >= 11 is 6.21. The Kier molecular flexibility index (Phi) is 5.33. The number of aryl methyl sites for hydroxylation is 1. The average Bonchev–Trinajstić information content (AvgIpc) is 2.96. The van der Waals surface area contributed by atoms with E-state index in [0.717, 1.165) is 16.0 Å². The van der Waals surface area contributed by atoms with E-state index in [2.05, 4.69) is 10.3 Å². The standard InChI is InChI=1S/C23H17ClFN3O2/c1-14-2-7-18(12-19(14)24)27-21-20(16-3-5-17(25)6-4-16)22(29)28(23(21)30)13-15-8-10-26-11-9-15/h2-12,27H,13H2,1H3. The van der Waals surface area contributed by atoms with Gasteiger partial charge in [-0.2, -0.15) is 0 Å². The second-order valence-corrected chi connectivity index (χ2v) is 7.30. The molecule has 5 nitrogen and oxygen atoms in total. The van der Waals surface area contributed by atoms with E-state index in [0.29, 0.717) is 16.3 Å². The lowest BCUT2D eigenvalue weighted by molar-refractivity contribution is -0.137. The zero-order valence-electron chi connectivity index (χ0n) is 16.0. The molecule has 0 fully saturated rings. The molecule has 1 aromatic heterocycles. The molecular weight excluding hydrogens is 405 g/mol. The molecule has 0 saturated heterocycles. The number of benzene rings is 2. The lowest BCUT2D eigenvalue weighted by Crippen LogP contribution is -2.32. The summed E-state index contributed by atoms with van der Waals surface area (Å²) in [6, 6.07) is 14.2. The zero-order chi connectivity index (χ0) is 21.3. The molecule has 0 radical (unpaired) electrons. The molecule has 2 aromatic carbocycles. The van der Waals surface area contributed by atoms with Crippen molar-refractivity contribution in [2.45, 2.75) is 13.5 Å². The van der Waals surface area contributed by atoms with E-state index in [9.17, 15) is 14.0 Å². The van der Waals surface area contributed by atoms with E-state index in [-0.39, 0.29) is 17.8 Å². The van der Waals surface area contributed by atoms with E-state index >= 15 is 0 Å². The summed E-state index contributed by atoms with van der Waals surface area (Å²) in [5.74, 6) is -1.35. The van der Waals surface area contributed by atoms with Crippen LogP contribution < -0.4 is 5.32 Å². The molecule has 4 rings (SSSR count). The van der Waals surface area contributed by atoms with Gasteiger partial charge in [0.1, 0.15) is 11.5 Å². The third-order valence-electron chi connectivity index (χ3n) is 4.83. The molecule has 1 aliphatic rings. The van der Waals surface area contributed by atoms with Gasteiger partial charge in [0.15, 0.2) is 0 Å². The fraction of sp³-hybridized carbons (Fsp3) is 0.0870. The van der Waals surface area contributed by atoms with Gasteiger partial charge in [0.05, 0.1) is 12.1 Å². The molecule has 7 heteroatoms. The Labute approximate surface area is 177 Å². The Bertz CT molecular complexity index is 1160. The van der Waals surface area contributed by atoms with E-state index in [1.807, 2.05) is 13.0 Å². The Balaban J connectivity index is 1.75. The quantitative estimate of drug-likeness (QED) is 0.613. The van der Waals surface area contributed by atoms with Crippen LogP contribution in [0.2, 0.25) is 5.02 Å². The molecule has 0 spiro atoms. The first kappa shape index (κ1) is 19.8. The topological polar surface area (TPSA) is 62.3 Å². The minimum Gasteiger partial charge on any atom is -0.350 e. The Morgan fingerprint density at radius 1 is 1.00 bits per heavy atom. The van der Waals surface area contributed by atoms with Crippen molar-refractivity contribution in [3.8, 4) is 0 Å². The number of anilines is 1. The number of amides is 2. The van der Waals surface area contributed by atoms with Crippen LogP contribution in [0.25, 0.3) is 5.57 Å². The van der Waals surface area contributed by atoms with Gasteiger partial charge < -0.3 is 5.32 Å². The van der Waals surface area contributed by atoms with Gasteiger partial charge in [0, 0.05) is 23.1 Å². The van der Waals surface area contributed by atoms with Gasteiger partial charge in [0.2, 0.25) is 0 Å². The second-order valence-electron chi connectivity index (χ2n) is 6.90. The molecule has 0 saturated carbocycles. The lowest BCUT2D eigenvalue weighted by Gasteiger charge is -2.15. The van der Waals surface area contributed by atoms with Gasteiger partial charge in [-0.25, -0.2) is 4.39 Å². The normalized spacial score (nSPS) is 13.9. The highest BCUT2D eigenvalue weighted by atomic mass is 35.5. The first-order chi connectivity index (χ1) is 14.4. The van der Waals surface area contributed by atoms with Crippen molar-refractivity contribution in [2.75, 3.05) is 5.32 Å². The van der Waals surface area contributed by atoms with Gasteiger partial charge in [0.25, 0.3) is 11.8 Å². The highest BCUT2D eigenvalue weighted by molar-refractivity contribution is 6.36. The van der Waals surface area contributed by atoms with Gasteiger partial charge in [-0.05, 0) is 60.0 Å². The maximum atomic E-state index is 13.4. The fourth-order valence-corrected chi connectivity index (χ4v) is 3.39. The number of hydrogen-bond acceptors (Lipinski definition) is 4. The van der Waals surface area contributed by atoms with Crippen molar-refractivity contribution in [3.63, 3.8) is 0 Å². The number of carbonyl (C=O) groups is 2. The van der Waals surface area contributed by atoms with Crippen molar-refractivity contribution in [1.82, 2.24) is 9.88 Å². The summed E-state index contributed by atoms with van der Waals surface area (Å²) in [6.07, 6.45) is 3.20. The number of aromatic nitrogens is 1. The van der Waals surface area contributed by atoms with Crippen molar-refractivity contribution in [1.29, 1.82) is 0 Å². The smallest absolute Gasteiger partial charge is 0.278 e. The van der Waals surface area contributed by atoms with E-state index in [1.54, 1.807) is 36.7 Å². The van der Waals surface area contributed by atoms with Crippen molar-refractivity contribution in [2.24, 2.45) is 0 Å². The average molecular weight is 422 g/mol. The highest BCUT2D eigenvalue weighted by Crippen LogP contribution is 2.32. The molecule has 2 amide bonds. The van der Waals surface area contributed by atoms with Crippen LogP contribution in [0.1, 0.15) is 16.7 Å². The molecule has 150 valence electrons. The second kappa shape index (κ2) is 8.08. The number of halogens is 2. The van der Waals surface area contributed by atoms with Gasteiger partial charge in [-0.3, -0.25) is 19.5 Å². The van der Waals surface area contributed by atoms with Gasteiger partial charge in [-0.1, -0.05) is 29.8 Å². The number of pyridine rings is 1. The zero-order valence-corrected chi connectivity index (χ0v) is 16.8. The monoisotopic (exact) mass is 421 g/mol. The number of imide groups is 1. The number of nitrogens with one attached hydrogen (secondary N) is 1. The first-order valence-electron chi connectivity index (χ1n) is 9.22. The number of hydrogen-bond donors (Lipinski definition) is 1. The summed E-state index contributed by atoms with van der Waals surface area (Å²) in [6.45, 7) is 1.97. The third-order valence-corrected chi connectivity index (χ3v) is 5.24. The third kappa shape index (κ3) is 3.82.